The van der Waals surface area contributed by atoms with Crippen molar-refractivity contribution < 1.29 is 42.1 Å². The van der Waals surface area contributed by atoms with E-state index >= 15 is 0 Å². The van der Waals surface area contributed by atoms with Gasteiger partial charge >= 0.3 is 11.9 Å². The van der Waals surface area contributed by atoms with E-state index in [4.69, 9.17) is 18.5 Å². The molecule has 0 radical (unpaired) electrons. The molecule has 0 heterocycles. The van der Waals surface area contributed by atoms with E-state index in [1.54, 1.807) is 0 Å². The second kappa shape index (κ2) is 50.4. The number of nitrogens with zero attached hydrogens (tertiary/aromatic N) is 1. The number of esters is 2. The van der Waals surface area contributed by atoms with Crippen LogP contribution in [0.5, 0.6) is 0 Å². The fourth-order valence-corrected chi connectivity index (χ4v) is 7.49. The molecule has 398 valence electrons. The molecular weight excluding hydrogens is 894 g/mol. The molecule has 2 atom stereocenters. The number of carbonyl (C=O) groups is 2. The molecule has 0 saturated carbocycles. The van der Waals surface area contributed by atoms with Crippen molar-refractivity contribution in [3.63, 3.8) is 0 Å². The molecule has 0 aliphatic rings. The molecule has 0 aliphatic carbocycles. The number of hydrogen-bond donors (Lipinski definition) is 0. The molecule has 0 amide bonds. The highest BCUT2D eigenvalue weighted by molar-refractivity contribution is 7.45. The lowest BCUT2D eigenvalue weighted by Crippen LogP contribution is -2.37. The number of phosphoric ester groups is 1. The maximum atomic E-state index is 12.8. The van der Waals surface area contributed by atoms with Crippen LogP contribution < -0.4 is 4.89 Å². The lowest BCUT2D eigenvalue weighted by atomic mass is 10.1. The zero-order valence-corrected chi connectivity index (χ0v) is 45.8. The summed E-state index contributed by atoms with van der Waals surface area (Å²) >= 11 is 0. The third kappa shape index (κ3) is 53.8. The topological polar surface area (TPSA) is 111 Å². The molecule has 0 bridgehead atoms. The number of ether oxygens (including phenoxy) is 2. The number of unbranched alkanes of at least 4 members (excludes halogenated alkanes) is 14. The van der Waals surface area contributed by atoms with Crippen LogP contribution >= 0.6 is 7.82 Å². The Labute approximate surface area is 428 Å². The first-order chi connectivity index (χ1) is 34.0. The van der Waals surface area contributed by atoms with Gasteiger partial charge in [-0.15, -0.1) is 0 Å². The number of allylic oxidation sites excluding steroid dienone is 20. The highest BCUT2D eigenvalue weighted by Gasteiger charge is 2.21. The molecule has 0 aromatic carbocycles. The van der Waals surface area contributed by atoms with Crippen LogP contribution in [0.15, 0.2) is 122 Å². The van der Waals surface area contributed by atoms with Gasteiger partial charge in [0.25, 0.3) is 7.82 Å². The van der Waals surface area contributed by atoms with Crippen LogP contribution in [-0.4, -0.2) is 70.0 Å². The number of likely N-dealkylation sites (N-methyl/N-ethyl adjacent to an activating group) is 1. The van der Waals surface area contributed by atoms with Crippen LogP contribution in [0, 0.1) is 0 Å². The molecular formula is C60H100NO8P. The Morgan fingerprint density at radius 1 is 0.457 bits per heavy atom. The zero-order chi connectivity index (χ0) is 51.3. The first-order valence-electron chi connectivity index (χ1n) is 27.2. The average molecular weight is 994 g/mol. The molecule has 0 spiro atoms. The standard InChI is InChI=1S/C60H100NO8P/c1-6-8-10-12-14-16-18-20-22-23-24-25-26-27-28-29-30-31-32-33-34-35-36-37-39-41-43-45-47-49-51-53-60(63)69-58(57-68-70(64,65)67-55-54-61(3,4)5)56-66-59(62)52-50-48-46-44-42-40-38-21-19-17-15-13-11-9-7-2/h8,10,14,16,20-22,24-25,27-28,30-31,33-34,36-38,41,43,58H,6-7,9,11-13,15,17-19,23,26,29,32,35,39-40,42,44-57H2,1-5H3/b10-8-,16-14-,22-20-,25-24-,28-27-,31-30-,34-33-,37-36-,38-21-,43-41-. The third-order valence-electron chi connectivity index (χ3n) is 11.0. The maximum Gasteiger partial charge on any atom is 0.306 e. The Kier molecular flexibility index (Phi) is 47.8. The minimum atomic E-state index is -4.65. The summed E-state index contributed by atoms with van der Waals surface area (Å²) in [5, 5.41) is 0. The summed E-state index contributed by atoms with van der Waals surface area (Å²) in [6.45, 7) is 4.04. The predicted molar refractivity (Wildman–Crippen MR) is 295 cm³/mol. The van der Waals surface area contributed by atoms with Gasteiger partial charge in [0, 0.05) is 12.8 Å². The molecule has 2 unspecified atom stereocenters. The minimum absolute atomic E-state index is 0.0456. The number of hydrogen-bond acceptors (Lipinski definition) is 8. The van der Waals surface area contributed by atoms with E-state index in [2.05, 4.69) is 135 Å². The fraction of sp³-hybridized carbons (Fsp3) is 0.633. The fourth-order valence-electron chi connectivity index (χ4n) is 6.76. The minimum Gasteiger partial charge on any atom is -0.756 e. The van der Waals surface area contributed by atoms with Crippen molar-refractivity contribution in [1.29, 1.82) is 0 Å². The van der Waals surface area contributed by atoms with Crippen molar-refractivity contribution in [1.82, 2.24) is 0 Å². The van der Waals surface area contributed by atoms with Gasteiger partial charge in [-0.3, -0.25) is 14.2 Å². The Bertz CT molecular complexity index is 1590. The van der Waals surface area contributed by atoms with E-state index in [1.165, 1.54) is 44.9 Å². The number of carbonyl (C=O) groups excluding carboxylic acids is 2. The maximum absolute atomic E-state index is 12.8. The lowest BCUT2D eigenvalue weighted by Gasteiger charge is -2.28. The summed E-state index contributed by atoms with van der Waals surface area (Å²) in [6, 6.07) is 0. The van der Waals surface area contributed by atoms with Crippen LogP contribution in [0.1, 0.15) is 194 Å². The summed E-state index contributed by atoms with van der Waals surface area (Å²) in [4.78, 5) is 37.7. The van der Waals surface area contributed by atoms with Gasteiger partial charge < -0.3 is 27.9 Å². The highest BCUT2D eigenvalue weighted by Crippen LogP contribution is 2.38. The number of quaternary nitrogens is 1. The molecule has 0 aliphatic heterocycles. The summed E-state index contributed by atoms with van der Waals surface area (Å²) < 4.78 is 34.0. The molecule has 0 fully saturated rings. The van der Waals surface area contributed by atoms with E-state index < -0.39 is 32.5 Å². The molecule has 0 rings (SSSR count). The smallest absolute Gasteiger partial charge is 0.306 e. The van der Waals surface area contributed by atoms with Crippen LogP contribution in [0.2, 0.25) is 0 Å². The Morgan fingerprint density at radius 3 is 1.24 bits per heavy atom. The van der Waals surface area contributed by atoms with Crippen molar-refractivity contribution in [2.24, 2.45) is 0 Å². The van der Waals surface area contributed by atoms with Gasteiger partial charge in [-0.2, -0.15) is 0 Å². The molecule has 0 N–H and O–H groups in total. The molecule has 0 aromatic heterocycles. The zero-order valence-electron chi connectivity index (χ0n) is 44.9. The van der Waals surface area contributed by atoms with Gasteiger partial charge in [-0.25, -0.2) is 0 Å². The van der Waals surface area contributed by atoms with Crippen LogP contribution in [0.25, 0.3) is 0 Å². The van der Waals surface area contributed by atoms with Crippen molar-refractivity contribution in [3.8, 4) is 0 Å². The quantitative estimate of drug-likeness (QED) is 0.0195. The number of phosphoric acid groups is 1. The monoisotopic (exact) mass is 994 g/mol. The normalized spacial score (nSPS) is 14.3. The first kappa shape index (κ1) is 66.4. The highest BCUT2D eigenvalue weighted by atomic mass is 31.2. The summed E-state index contributed by atoms with van der Waals surface area (Å²) in [7, 11) is 1.12. The van der Waals surface area contributed by atoms with Gasteiger partial charge in [0.15, 0.2) is 6.10 Å². The molecule has 9 nitrogen and oxygen atoms in total. The third-order valence-corrected chi connectivity index (χ3v) is 11.9. The lowest BCUT2D eigenvalue weighted by molar-refractivity contribution is -0.870. The Morgan fingerprint density at radius 2 is 0.814 bits per heavy atom. The summed E-state index contributed by atoms with van der Waals surface area (Å²) in [5.74, 6) is -0.892. The van der Waals surface area contributed by atoms with Gasteiger partial charge in [0.1, 0.15) is 19.8 Å². The Hall–Kier alpha value is -3.59. The van der Waals surface area contributed by atoms with Gasteiger partial charge in [0.2, 0.25) is 0 Å². The summed E-state index contributed by atoms with van der Waals surface area (Å²) in [5.41, 5.74) is 0. The SMILES string of the molecule is CC/C=C\C/C=C\C/C=C\C/C=C\C/C=C\C/C=C\C/C=C\C/C=C\C/C=C\CCCCCC(=O)OC(COC(=O)CCCCCCC/C=C\CCCCCCCC)COP(=O)([O-])OCC[N+](C)(C)C. The van der Waals surface area contributed by atoms with Crippen molar-refractivity contribution in [2.75, 3.05) is 47.5 Å². The first-order valence-corrected chi connectivity index (χ1v) is 28.7. The van der Waals surface area contributed by atoms with Gasteiger partial charge in [0.05, 0.1) is 27.7 Å². The van der Waals surface area contributed by atoms with Crippen LogP contribution in [0.4, 0.5) is 0 Å². The molecule has 70 heavy (non-hydrogen) atoms. The van der Waals surface area contributed by atoms with Crippen LogP contribution in [-0.2, 0) is 32.7 Å². The molecule has 0 saturated heterocycles. The van der Waals surface area contributed by atoms with E-state index in [0.717, 1.165) is 109 Å². The van der Waals surface area contributed by atoms with Crippen molar-refractivity contribution in [3.05, 3.63) is 122 Å². The van der Waals surface area contributed by atoms with E-state index in [9.17, 15) is 19.0 Å². The van der Waals surface area contributed by atoms with E-state index in [-0.39, 0.29) is 26.1 Å². The predicted octanol–water partition coefficient (Wildman–Crippen LogP) is 16.2. The van der Waals surface area contributed by atoms with Gasteiger partial charge in [-0.05, 0) is 109 Å². The average Bonchev–Trinajstić information content (AvgIpc) is 3.32. The Balaban J connectivity index is 4.32. The van der Waals surface area contributed by atoms with Crippen molar-refractivity contribution >= 4 is 19.8 Å². The van der Waals surface area contributed by atoms with Gasteiger partial charge in [-0.1, -0.05) is 193 Å². The number of rotatable bonds is 48. The van der Waals surface area contributed by atoms with Crippen molar-refractivity contribution in [2.45, 2.75) is 200 Å². The molecule has 0 aromatic rings. The second-order valence-corrected chi connectivity index (χ2v) is 20.3. The van der Waals surface area contributed by atoms with E-state index in [0.29, 0.717) is 23.9 Å². The second-order valence-electron chi connectivity index (χ2n) is 18.9. The van der Waals surface area contributed by atoms with Crippen LogP contribution in [0.3, 0.4) is 0 Å². The molecule has 10 heteroatoms. The van der Waals surface area contributed by atoms with E-state index in [1.807, 2.05) is 21.1 Å². The largest absolute Gasteiger partial charge is 0.756 e. The summed E-state index contributed by atoms with van der Waals surface area (Å²) in [6.07, 6.45) is 71.0.